The summed E-state index contributed by atoms with van der Waals surface area (Å²) in [6.07, 6.45) is -5.13. The van der Waals surface area contributed by atoms with Crippen LogP contribution in [0.2, 0.25) is 0 Å². The molecule has 6 heteroatoms. The fourth-order valence-corrected chi connectivity index (χ4v) is 1.36. The van der Waals surface area contributed by atoms with Gasteiger partial charge in [-0.25, -0.2) is 0 Å². The van der Waals surface area contributed by atoms with Crippen molar-refractivity contribution in [1.29, 1.82) is 0 Å². The van der Waals surface area contributed by atoms with Crippen LogP contribution in [-0.2, 0) is 4.74 Å². The summed E-state index contributed by atoms with van der Waals surface area (Å²) >= 11 is 0. The Labute approximate surface area is 75.6 Å². The second kappa shape index (κ2) is 3.49. The van der Waals surface area contributed by atoms with E-state index in [2.05, 4.69) is 0 Å². The molecule has 0 amide bonds. The Morgan fingerprint density at radius 3 is 2.31 bits per heavy atom. The first-order chi connectivity index (χ1) is 5.90. The highest BCUT2D eigenvalue weighted by atomic mass is 16.7. The van der Waals surface area contributed by atoms with E-state index in [1.807, 2.05) is 0 Å². The Bertz CT molecular complexity index is 184. The minimum atomic E-state index is -1.87. The molecule has 1 rings (SSSR count). The Hall–Kier alpha value is -0.240. The van der Waals surface area contributed by atoms with Gasteiger partial charge < -0.3 is 30.9 Å². The maximum atomic E-state index is 9.43. The van der Waals surface area contributed by atoms with E-state index in [1.54, 1.807) is 0 Å². The van der Waals surface area contributed by atoms with Crippen LogP contribution >= 0.6 is 0 Å². The Kier molecular flexibility index (Phi) is 2.91. The summed E-state index contributed by atoms with van der Waals surface area (Å²) in [7, 11) is 0. The van der Waals surface area contributed by atoms with E-state index >= 15 is 0 Å². The van der Waals surface area contributed by atoms with Gasteiger partial charge in [0.05, 0.1) is 0 Å². The first-order valence-electron chi connectivity index (χ1n) is 4.04. The summed E-state index contributed by atoms with van der Waals surface area (Å²) in [4.78, 5) is 0. The molecule has 0 aromatic heterocycles. The third-order valence-electron chi connectivity index (χ3n) is 2.23. The van der Waals surface area contributed by atoms with E-state index in [0.717, 1.165) is 0 Å². The summed E-state index contributed by atoms with van der Waals surface area (Å²) in [5, 5.41) is 37.3. The van der Waals surface area contributed by atoms with Gasteiger partial charge in [-0.2, -0.15) is 0 Å². The lowest BCUT2D eigenvalue weighted by molar-refractivity contribution is -0.335. The summed E-state index contributed by atoms with van der Waals surface area (Å²) in [6, 6.07) is 0. The molecule has 78 valence electrons. The van der Waals surface area contributed by atoms with Crippen molar-refractivity contribution in [3.63, 3.8) is 0 Å². The summed E-state index contributed by atoms with van der Waals surface area (Å²) < 4.78 is 4.89. The lowest BCUT2D eigenvalue weighted by atomic mass is 9.93. The Morgan fingerprint density at radius 1 is 1.31 bits per heavy atom. The van der Waals surface area contributed by atoms with Crippen LogP contribution in [0.5, 0.6) is 0 Å². The Balaban J connectivity index is 2.79. The Morgan fingerprint density at radius 2 is 1.85 bits per heavy atom. The molecule has 1 saturated heterocycles. The molecule has 0 spiro atoms. The first kappa shape index (κ1) is 10.8. The fourth-order valence-electron chi connectivity index (χ4n) is 1.36. The number of aliphatic hydroxyl groups is 4. The SMILES string of the molecule is C[C@@]1(O)O[C@H](CN)[C@@H](O)[C@H](O)[C@H]1O. The zero-order chi connectivity index (χ0) is 10.2. The zero-order valence-electron chi connectivity index (χ0n) is 7.29. The van der Waals surface area contributed by atoms with Gasteiger partial charge in [-0.05, 0) is 6.92 Å². The highest BCUT2D eigenvalue weighted by Crippen LogP contribution is 2.26. The molecule has 0 aromatic carbocycles. The minimum Gasteiger partial charge on any atom is -0.388 e. The lowest BCUT2D eigenvalue weighted by Crippen LogP contribution is -2.64. The molecule has 0 bridgehead atoms. The molecule has 1 heterocycles. The van der Waals surface area contributed by atoms with Crippen molar-refractivity contribution in [3.8, 4) is 0 Å². The van der Waals surface area contributed by atoms with E-state index in [4.69, 9.17) is 10.5 Å². The molecule has 13 heavy (non-hydrogen) atoms. The molecule has 0 aromatic rings. The van der Waals surface area contributed by atoms with E-state index in [0.29, 0.717) is 0 Å². The number of aliphatic hydroxyl groups excluding tert-OH is 3. The van der Waals surface area contributed by atoms with Gasteiger partial charge in [0.15, 0.2) is 5.79 Å². The summed E-state index contributed by atoms with van der Waals surface area (Å²) in [5.41, 5.74) is 5.23. The lowest BCUT2D eigenvalue weighted by Gasteiger charge is -2.43. The third-order valence-corrected chi connectivity index (χ3v) is 2.23. The van der Waals surface area contributed by atoms with Gasteiger partial charge in [0.25, 0.3) is 0 Å². The molecule has 0 aliphatic carbocycles. The molecule has 6 N–H and O–H groups in total. The van der Waals surface area contributed by atoms with Crippen molar-refractivity contribution in [2.75, 3.05) is 6.54 Å². The summed E-state index contributed by atoms with van der Waals surface area (Å²) in [6.45, 7) is 1.16. The molecule has 6 nitrogen and oxygen atoms in total. The van der Waals surface area contributed by atoms with Crippen molar-refractivity contribution in [3.05, 3.63) is 0 Å². The predicted molar refractivity (Wildman–Crippen MR) is 42.6 cm³/mol. The van der Waals surface area contributed by atoms with E-state index in [-0.39, 0.29) is 6.54 Å². The molecular weight excluding hydrogens is 178 g/mol. The van der Waals surface area contributed by atoms with Crippen molar-refractivity contribution < 1.29 is 25.2 Å². The van der Waals surface area contributed by atoms with Gasteiger partial charge in [-0.3, -0.25) is 0 Å². The molecule has 0 saturated carbocycles. The fraction of sp³-hybridized carbons (Fsp3) is 1.00. The van der Waals surface area contributed by atoms with Crippen LogP contribution in [0.4, 0.5) is 0 Å². The van der Waals surface area contributed by atoms with E-state index in [9.17, 15) is 20.4 Å². The van der Waals surface area contributed by atoms with E-state index in [1.165, 1.54) is 6.92 Å². The standard InChI is InChI=1S/C7H15NO5/c1-7(12)6(11)5(10)4(9)3(2-8)13-7/h3-6,9-12H,2,8H2,1H3/t3-,4-,5+,6-,7-/m1/s1. The predicted octanol–water partition coefficient (Wildman–Crippen LogP) is -2.86. The number of hydrogen-bond donors (Lipinski definition) is 5. The van der Waals surface area contributed by atoms with Crippen molar-refractivity contribution in [1.82, 2.24) is 0 Å². The highest BCUT2D eigenvalue weighted by molar-refractivity contribution is 4.94. The number of hydrogen-bond acceptors (Lipinski definition) is 6. The maximum Gasteiger partial charge on any atom is 0.192 e. The average molecular weight is 193 g/mol. The topological polar surface area (TPSA) is 116 Å². The first-order valence-corrected chi connectivity index (χ1v) is 4.04. The second-order valence-electron chi connectivity index (χ2n) is 3.37. The largest absolute Gasteiger partial charge is 0.388 e. The molecule has 0 radical (unpaired) electrons. The van der Waals surface area contributed by atoms with Crippen molar-refractivity contribution in [2.24, 2.45) is 5.73 Å². The van der Waals surface area contributed by atoms with Gasteiger partial charge >= 0.3 is 0 Å². The zero-order valence-corrected chi connectivity index (χ0v) is 7.29. The molecule has 5 atom stereocenters. The van der Waals surface area contributed by atoms with Crippen molar-refractivity contribution in [2.45, 2.75) is 37.1 Å². The van der Waals surface area contributed by atoms with Crippen LogP contribution in [0.1, 0.15) is 6.92 Å². The third kappa shape index (κ3) is 1.83. The molecular formula is C7H15NO5. The van der Waals surface area contributed by atoms with Gasteiger partial charge in [0.2, 0.25) is 0 Å². The minimum absolute atomic E-state index is 0.0406. The molecule has 1 aliphatic heterocycles. The molecule has 0 unspecified atom stereocenters. The monoisotopic (exact) mass is 193 g/mol. The summed E-state index contributed by atoms with van der Waals surface area (Å²) in [5.74, 6) is -1.87. The quantitative estimate of drug-likeness (QED) is 0.306. The van der Waals surface area contributed by atoms with Crippen LogP contribution in [-0.4, -0.2) is 57.2 Å². The van der Waals surface area contributed by atoms with Crippen LogP contribution in [0.25, 0.3) is 0 Å². The molecule has 1 aliphatic rings. The second-order valence-corrected chi connectivity index (χ2v) is 3.37. The maximum absolute atomic E-state index is 9.43. The van der Waals surface area contributed by atoms with Gasteiger partial charge in [0.1, 0.15) is 24.4 Å². The van der Waals surface area contributed by atoms with Gasteiger partial charge in [-0.1, -0.05) is 0 Å². The smallest absolute Gasteiger partial charge is 0.192 e. The van der Waals surface area contributed by atoms with Gasteiger partial charge in [0, 0.05) is 6.54 Å². The van der Waals surface area contributed by atoms with Crippen LogP contribution in [0.3, 0.4) is 0 Å². The number of nitrogens with two attached hydrogens (primary N) is 1. The van der Waals surface area contributed by atoms with Crippen LogP contribution < -0.4 is 5.73 Å². The van der Waals surface area contributed by atoms with E-state index < -0.39 is 30.2 Å². The van der Waals surface area contributed by atoms with Crippen molar-refractivity contribution >= 4 is 0 Å². The molecule has 1 fully saturated rings. The highest BCUT2D eigenvalue weighted by Gasteiger charge is 2.49. The van der Waals surface area contributed by atoms with Crippen LogP contribution in [0.15, 0.2) is 0 Å². The number of ether oxygens (including phenoxy) is 1. The van der Waals surface area contributed by atoms with Crippen LogP contribution in [0, 0.1) is 0 Å². The number of rotatable bonds is 1. The average Bonchev–Trinajstić information content (AvgIpc) is 2.08. The normalized spacial score (nSPS) is 52.2. The van der Waals surface area contributed by atoms with Gasteiger partial charge in [-0.15, -0.1) is 0 Å².